The molecule has 0 atom stereocenters. The second-order valence-corrected chi connectivity index (χ2v) is 4.41. The summed E-state index contributed by atoms with van der Waals surface area (Å²) in [6.07, 6.45) is 3.56. The van der Waals surface area contributed by atoms with Gasteiger partial charge in [-0.1, -0.05) is 18.2 Å². The molecular weight excluding hydrogens is 236 g/mol. The van der Waals surface area contributed by atoms with Gasteiger partial charge in [0.1, 0.15) is 0 Å². The molecule has 0 saturated heterocycles. The van der Waals surface area contributed by atoms with E-state index in [2.05, 4.69) is 16.4 Å². The van der Waals surface area contributed by atoms with Crippen molar-refractivity contribution >= 4 is 11.4 Å². The predicted octanol–water partition coefficient (Wildman–Crippen LogP) is 2.63. The molecule has 0 amide bonds. The normalized spacial score (nSPS) is 9.74. The average molecular weight is 252 g/mol. The lowest BCUT2D eigenvalue weighted by atomic mass is 10.1. The summed E-state index contributed by atoms with van der Waals surface area (Å²) in [5.41, 5.74) is 3.72. The Morgan fingerprint density at radius 1 is 1.26 bits per heavy atom. The van der Waals surface area contributed by atoms with Crippen LogP contribution in [0.25, 0.3) is 0 Å². The van der Waals surface area contributed by atoms with Crippen LogP contribution in [0.1, 0.15) is 11.1 Å². The van der Waals surface area contributed by atoms with Crippen molar-refractivity contribution in [3.05, 3.63) is 53.9 Å². The summed E-state index contributed by atoms with van der Waals surface area (Å²) in [4.78, 5) is 6.16. The van der Waals surface area contributed by atoms with Gasteiger partial charge in [-0.25, -0.2) is 0 Å². The molecule has 0 fully saturated rings. The van der Waals surface area contributed by atoms with Crippen LogP contribution in [-0.4, -0.2) is 19.1 Å². The summed E-state index contributed by atoms with van der Waals surface area (Å²) in [6, 6.07) is 11.8. The number of benzene rings is 1. The monoisotopic (exact) mass is 252 g/mol. The van der Waals surface area contributed by atoms with E-state index in [9.17, 15) is 0 Å². The molecule has 96 valence electrons. The number of pyridine rings is 1. The van der Waals surface area contributed by atoms with Crippen LogP contribution in [0.2, 0.25) is 0 Å². The molecular formula is C15H16N4. The summed E-state index contributed by atoms with van der Waals surface area (Å²) in [5.74, 6) is 0. The molecule has 0 aliphatic carbocycles. The third-order valence-corrected chi connectivity index (χ3v) is 2.89. The van der Waals surface area contributed by atoms with Crippen molar-refractivity contribution < 1.29 is 0 Å². The van der Waals surface area contributed by atoms with Crippen LogP contribution in [0.4, 0.5) is 11.4 Å². The van der Waals surface area contributed by atoms with Crippen LogP contribution in [-0.2, 0) is 6.54 Å². The maximum absolute atomic E-state index is 9.06. The Balaban J connectivity index is 2.18. The summed E-state index contributed by atoms with van der Waals surface area (Å²) >= 11 is 0. The Hall–Kier alpha value is -2.54. The van der Waals surface area contributed by atoms with Gasteiger partial charge in [-0.2, -0.15) is 5.26 Å². The molecule has 4 nitrogen and oxygen atoms in total. The van der Waals surface area contributed by atoms with Gasteiger partial charge in [0.25, 0.3) is 0 Å². The van der Waals surface area contributed by atoms with E-state index in [4.69, 9.17) is 5.26 Å². The SMILES string of the molecule is CN(C)c1ccncc1NCc1ccccc1C#N. The number of hydrogen-bond acceptors (Lipinski definition) is 4. The summed E-state index contributed by atoms with van der Waals surface area (Å²) in [6.45, 7) is 0.607. The zero-order valence-corrected chi connectivity index (χ0v) is 11.1. The molecule has 0 aliphatic rings. The van der Waals surface area contributed by atoms with E-state index in [1.54, 1.807) is 12.4 Å². The Labute approximate surface area is 113 Å². The van der Waals surface area contributed by atoms with Crippen LogP contribution in [0.3, 0.4) is 0 Å². The average Bonchev–Trinajstić information content (AvgIpc) is 2.45. The minimum absolute atomic E-state index is 0.607. The molecule has 1 aromatic carbocycles. The Kier molecular flexibility index (Phi) is 3.99. The van der Waals surface area contributed by atoms with Crippen molar-refractivity contribution in [2.24, 2.45) is 0 Å². The van der Waals surface area contributed by atoms with Gasteiger partial charge in [-0.3, -0.25) is 4.98 Å². The molecule has 1 N–H and O–H groups in total. The van der Waals surface area contributed by atoms with Gasteiger partial charge in [0.15, 0.2) is 0 Å². The summed E-state index contributed by atoms with van der Waals surface area (Å²) < 4.78 is 0. The van der Waals surface area contributed by atoms with Crippen molar-refractivity contribution in [3.8, 4) is 6.07 Å². The first-order chi connectivity index (χ1) is 9.22. The van der Waals surface area contributed by atoms with E-state index in [1.807, 2.05) is 49.3 Å². The number of nitrogens with zero attached hydrogens (tertiary/aromatic N) is 3. The van der Waals surface area contributed by atoms with E-state index < -0.39 is 0 Å². The molecule has 2 aromatic rings. The maximum Gasteiger partial charge on any atom is 0.0995 e. The van der Waals surface area contributed by atoms with Gasteiger partial charge >= 0.3 is 0 Å². The molecule has 0 saturated carbocycles. The Bertz CT molecular complexity index is 599. The van der Waals surface area contributed by atoms with E-state index in [-0.39, 0.29) is 0 Å². The standard InChI is InChI=1S/C15H16N4/c1-19(2)15-7-8-17-11-14(15)18-10-13-6-4-3-5-12(13)9-16/h3-8,11,18H,10H2,1-2H3. The fraction of sp³-hybridized carbons (Fsp3) is 0.200. The fourth-order valence-corrected chi connectivity index (χ4v) is 1.89. The van der Waals surface area contributed by atoms with Crippen LogP contribution < -0.4 is 10.2 Å². The van der Waals surface area contributed by atoms with E-state index in [0.717, 1.165) is 16.9 Å². The Morgan fingerprint density at radius 3 is 2.79 bits per heavy atom. The largest absolute Gasteiger partial charge is 0.378 e. The van der Waals surface area contributed by atoms with Crippen LogP contribution >= 0.6 is 0 Å². The molecule has 0 spiro atoms. The Morgan fingerprint density at radius 2 is 2.05 bits per heavy atom. The van der Waals surface area contributed by atoms with Gasteiger partial charge in [-0.15, -0.1) is 0 Å². The number of aromatic nitrogens is 1. The van der Waals surface area contributed by atoms with Gasteiger partial charge in [-0.05, 0) is 17.7 Å². The molecule has 0 unspecified atom stereocenters. The number of nitrogens with one attached hydrogen (secondary N) is 1. The minimum atomic E-state index is 0.607. The molecule has 0 aliphatic heterocycles. The van der Waals surface area contributed by atoms with Crippen molar-refractivity contribution in [1.82, 2.24) is 4.98 Å². The van der Waals surface area contributed by atoms with E-state index in [0.29, 0.717) is 12.1 Å². The first-order valence-corrected chi connectivity index (χ1v) is 6.05. The molecule has 0 radical (unpaired) electrons. The molecule has 1 aromatic heterocycles. The maximum atomic E-state index is 9.06. The number of anilines is 2. The third-order valence-electron chi connectivity index (χ3n) is 2.89. The second-order valence-electron chi connectivity index (χ2n) is 4.41. The highest BCUT2D eigenvalue weighted by Crippen LogP contribution is 2.23. The summed E-state index contributed by atoms with van der Waals surface area (Å²) in [5, 5.41) is 12.4. The van der Waals surface area contributed by atoms with Gasteiger partial charge in [0.2, 0.25) is 0 Å². The molecule has 4 heteroatoms. The lowest BCUT2D eigenvalue weighted by Gasteiger charge is -2.18. The van der Waals surface area contributed by atoms with Crippen molar-refractivity contribution in [3.63, 3.8) is 0 Å². The lowest BCUT2D eigenvalue weighted by Crippen LogP contribution is -2.12. The number of rotatable bonds is 4. The number of nitriles is 1. The predicted molar refractivity (Wildman–Crippen MR) is 77.0 cm³/mol. The molecule has 19 heavy (non-hydrogen) atoms. The first kappa shape index (κ1) is 12.9. The molecule has 2 rings (SSSR count). The third kappa shape index (κ3) is 3.02. The quantitative estimate of drug-likeness (QED) is 0.908. The van der Waals surface area contributed by atoms with E-state index >= 15 is 0 Å². The van der Waals surface area contributed by atoms with Crippen molar-refractivity contribution in [1.29, 1.82) is 5.26 Å². The topological polar surface area (TPSA) is 52.0 Å². The highest BCUT2D eigenvalue weighted by atomic mass is 15.1. The highest BCUT2D eigenvalue weighted by Gasteiger charge is 2.05. The van der Waals surface area contributed by atoms with Gasteiger partial charge in [0.05, 0.1) is 29.2 Å². The molecule has 1 heterocycles. The van der Waals surface area contributed by atoms with E-state index in [1.165, 1.54) is 0 Å². The zero-order chi connectivity index (χ0) is 13.7. The fourth-order valence-electron chi connectivity index (χ4n) is 1.89. The molecule has 0 bridgehead atoms. The minimum Gasteiger partial charge on any atom is -0.378 e. The van der Waals surface area contributed by atoms with Crippen LogP contribution in [0.5, 0.6) is 0 Å². The van der Waals surface area contributed by atoms with Crippen molar-refractivity contribution in [2.45, 2.75) is 6.54 Å². The zero-order valence-electron chi connectivity index (χ0n) is 11.1. The summed E-state index contributed by atoms with van der Waals surface area (Å²) in [7, 11) is 3.98. The van der Waals surface area contributed by atoms with Crippen molar-refractivity contribution in [2.75, 3.05) is 24.3 Å². The smallest absolute Gasteiger partial charge is 0.0995 e. The lowest BCUT2D eigenvalue weighted by molar-refractivity contribution is 1.08. The van der Waals surface area contributed by atoms with Gasteiger partial charge in [0, 0.05) is 26.8 Å². The van der Waals surface area contributed by atoms with Gasteiger partial charge < -0.3 is 10.2 Å². The highest BCUT2D eigenvalue weighted by molar-refractivity contribution is 5.68. The van der Waals surface area contributed by atoms with Crippen LogP contribution in [0, 0.1) is 11.3 Å². The van der Waals surface area contributed by atoms with Crippen LogP contribution in [0.15, 0.2) is 42.7 Å². The number of hydrogen-bond donors (Lipinski definition) is 1. The first-order valence-electron chi connectivity index (χ1n) is 6.05. The second kappa shape index (κ2) is 5.87.